The fraction of sp³-hybridized carbons (Fsp3) is 0.200. The van der Waals surface area contributed by atoms with Gasteiger partial charge in [-0.3, -0.25) is 0 Å². The van der Waals surface area contributed by atoms with E-state index in [1.165, 1.54) is 15.9 Å². The summed E-state index contributed by atoms with van der Waals surface area (Å²) in [5.41, 5.74) is 0.222. The van der Waals surface area contributed by atoms with Gasteiger partial charge in [0.25, 0.3) is 0 Å². The van der Waals surface area contributed by atoms with Gasteiger partial charge in [-0.2, -0.15) is 0 Å². The van der Waals surface area contributed by atoms with E-state index in [-0.39, 0.29) is 48.9 Å². The predicted octanol–water partition coefficient (Wildman–Crippen LogP) is 1.87. The molecule has 0 spiro atoms. The lowest BCUT2D eigenvalue weighted by Gasteiger charge is -2.17. The highest BCUT2D eigenvalue weighted by Crippen LogP contribution is 2.16. The van der Waals surface area contributed by atoms with Gasteiger partial charge in [0.05, 0.1) is 14.9 Å². The fourth-order valence-electron chi connectivity index (χ4n) is 0.982. The van der Waals surface area contributed by atoms with Gasteiger partial charge in [-0.05, 0) is 12.1 Å². The van der Waals surface area contributed by atoms with E-state index < -0.39 is 0 Å². The zero-order valence-corrected chi connectivity index (χ0v) is 6.68. The van der Waals surface area contributed by atoms with Gasteiger partial charge in [0.2, 0.25) is 0 Å². The normalized spacial score (nSPS) is 24.4. The molecule has 0 atom stereocenters. The van der Waals surface area contributed by atoms with Crippen LogP contribution in [0.2, 0.25) is 0 Å². The molecule has 12 heavy (non-hydrogen) atoms. The molecule has 2 heteroatoms. The Bertz CT molecular complexity index is 542. The number of para-hydroxylation sites is 1. The number of rotatable bonds is 1. The molecule has 0 radical (unpaired) electrons. The molecule has 2 nitrogen and oxygen atoms in total. The molecule has 1 heterocycles. The number of hydrogen-bond donors (Lipinski definition) is 0. The molecule has 0 unspecified atom stereocenters. The van der Waals surface area contributed by atoms with Crippen LogP contribution in [0.15, 0.2) is 42.6 Å². The second kappa shape index (κ2) is 2.89. The Balaban J connectivity index is 2.55. The second-order valence-electron chi connectivity index (χ2n) is 2.54. The summed E-state index contributed by atoms with van der Waals surface area (Å²) in [6.07, 6.45) is -0.0371. The maximum absolute atomic E-state index is 7.80. The molecule has 1 aliphatic rings. The maximum atomic E-state index is 7.80. The van der Waals surface area contributed by atoms with Gasteiger partial charge in [-0.25, -0.2) is 0 Å². The van der Waals surface area contributed by atoms with Crippen LogP contribution in [0.3, 0.4) is 0 Å². The zero-order valence-electron chi connectivity index (χ0n) is 12.7. The summed E-state index contributed by atoms with van der Waals surface area (Å²) in [7, 11) is 1.66. The molecular formula is C10H12N2. The highest BCUT2D eigenvalue weighted by atomic mass is 15.3. The van der Waals surface area contributed by atoms with Crippen molar-refractivity contribution in [2.24, 2.45) is 0 Å². The summed E-state index contributed by atoms with van der Waals surface area (Å²) in [4.78, 5) is 2.92. The summed E-state index contributed by atoms with van der Waals surface area (Å²) >= 11 is 0. The first-order valence-electron chi connectivity index (χ1n) is 6.58. The number of hydrogen-bond acceptors (Lipinski definition) is 2. The smallest absolute Gasteiger partial charge is 0.0938 e. The topological polar surface area (TPSA) is 6.48 Å². The number of benzene rings is 1. The lowest BCUT2D eigenvalue weighted by Crippen LogP contribution is -2.21. The second-order valence-corrected chi connectivity index (χ2v) is 2.54. The summed E-state index contributed by atoms with van der Waals surface area (Å²) in [6.45, 7) is 0.236. The Morgan fingerprint density at radius 1 is 1.33 bits per heavy atom. The minimum Gasteiger partial charge on any atom is -0.361 e. The summed E-state index contributed by atoms with van der Waals surface area (Å²) in [5, 5.41) is 0. The Morgan fingerprint density at radius 2 is 2.25 bits per heavy atom. The van der Waals surface area contributed by atoms with E-state index in [1.54, 1.807) is 7.05 Å². The van der Waals surface area contributed by atoms with E-state index in [0.717, 1.165) is 0 Å². The lowest BCUT2D eigenvalue weighted by atomic mass is 10.3. The summed E-state index contributed by atoms with van der Waals surface area (Å²) < 4.78 is 45.8. The number of anilines is 1. The Hall–Kier alpha value is -1.44. The van der Waals surface area contributed by atoms with Crippen molar-refractivity contribution in [1.82, 2.24) is 4.90 Å². The van der Waals surface area contributed by atoms with Crippen LogP contribution in [-0.4, -0.2) is 18.6 Å². The third kappa shape index (κ3) is 1.28. The average molecular weight is 166 g/mol. The molecule has 0 fully saturated rings. The minimum absolute atomic E-state index is 0.0300. The molecule has 0 saturated heterocycles. The van der Waals surface area contributed by atoms with Gasteiger partial charge in [0.15, 0.2) is 0 Å². The van der Waals surface area contributed by atoms with Crippen LogP contribution in [0, 0.1) is 0 Å². The van der Waals surface area contributed by atoms with Crippen molar-refractivity contribution in [2.75, 3.05) is 18.6 Å². The predicted molar refractivity (Wildman–Crippen MR) is 50.7 cm³/mol. The van der Waals surface area contributed by atoms with E-state index in [4.69, 9.17) is 8.22 Å². The van der Waals surface area contributed by atoms with Crippen molar-refractivity contribution in [1.29, 1.82) is 0 Å². The van der Waals surface area contributed by atoms with E-state index in [2.05, 4.69) is 0 Å². The molecule has 0 N–H and O–H groups in total. The van der Waals surface area contributed by atoms with Gasteiger partial charge < -0.3 is 9.80 Å². The van der Waals surface area contributed by atoms with Gasteiger partial charge in [0.1, 0.15) is 0 Å². The van der Waals surface area contributed by atoms with Crippen molar-refractivity contribution in [3.63, 3.8) is 0 Å². The molecule has 1 aromatic rings. The van der Waals surface area contributed by atoms with Gasteiger partial charge in [-0.15, -0.1) is 0 Å². The summed E-state index contributed by atoms with van der Waals surface area (Å²) in [5.74, 6) is 0. The Kier molecular flexibility index (Phi) is 0.755. The average Bonchev–Trinajstić information content (AvgIpc) is 2.59. The molecule has 0 amide bonds. The van der Waals surface area contributed by atoms with Gasteiger partial charge in [0, 0.05) is 25.1 Å². The molecule has 1 aliphatic heterocycles. The first kappa shape index (κ1) is 3.13. The van der Waals surface area contributed by atoms with Crippen molar-refractivity contribution in [3.05, 3.63) is 42.6 Å². The third-order valence-corrected chi connectivity index (χ3v) is 1.55. The van der Waals surface area contributed by atoms with Crippen LogP contribution in [0.4, 0.5) is 5.69 Å². The molecule has 2 rings (SSSR count). The molecule has 0 saturated carbocycles. The van der Waals surface area contributed by atoms with Crippen molar-refractivity contribution < 1.29 is 8.22 Å². The van der Waals surface area contributed by atoms with E-state index >= 15 is 0 Å². The largest absolute Gasteiger partial charge is 0.361 e. The highest BCUT2D eigenvalue weighted by molar-refractivity contribution is 5.49. The fourth-order valence-corrected chi connectivity index (χ4v) is 0.982. The highest BCUT2D eigenvalue weighted by Gasteiger charge is 2.08. The first-order chi connectivity index (χ1) is 8.34. The van der Waals surface area contributed by atoms with Crippen molar-refractivity contribution >= 4 is 5.69 Å². The quantitative estimate of drug-likeness (QED) is 0.628. The van der Waals surface area contributed by atoms with Crippen LogP contribution in [0.5, 0.6) is 0 Å². The monoisotopic (exact) mass is 166 g/mol. The van der Waals surface area contributed by atoms with E-state index in [0.29, 0.717) is 0 Å². The summed E-state index contributed by atoms with van der Waals surface area (Å²) in [6, 6.07) is 0.331. The minimum atomic E-state index is -0.327. The van der Waals surface area contributed by atoms with Crippen LogP contribution < -0.4 is 4.90 Å². The molecule has 0 aliphatic carbocycles. The van der Waals surface area contributed by atoms with Gasteiger partial charge in [-0.1, -0.05) is 18.1 Å². The van der Waals surface area contributed by atoms with Gasteiger partial charge >= 0.3 is 0 Å². The van der Waals surface area contributed by atoms with Crippen LogP contribution in [-0.2, 0) is 0 Å². The third-order valence-electron chi connectivity index (χ3n) is 1.55. The SMILES string of the molecule is [2H]C1=C([2H])N(c2cc([2H])c([2H])c([2H])c2[2H])CN1C. The number of nitrogens with zero attached hydrogens (tertiary/aromatic N) is 2. The maximum Gasteiger partial charge on any atom is 0.0938 e. The lowest BCUT2D eigenvalue weighted by molar-refractivity contribution is 0.496. The van der Waals surface area contributed by atoms with E-state index in [1.807, 2.05) is 0 Å². The molecule has 0 aromatic heterocycles. The Labute approximate surface area is 81.1 Å². The molecule has 0 bridgehead atoms. The van der Waals surface area contributed by atoms with Crippen molar-refractivity contribution in [3.8, 4) is 0 Å². The van der Waals surface area contributed by atoms with Crippen molar-refractivity contribution in [2.45, 2.75) is 0 Å². The van der Waals surface area contributed by atoms with Crippen LogP contribution >= 0.6 is 0 Å². The zero-order chi connectivity index (χ0) is 13.6. The van der Waals surface area contributed by atoms with Crippen LogP contribution in [0.1, 0.15) is 8.22 Å². The Morgan fingerprint density at radius 3 is 3.00 bits per heavy atom. The van der Waals surface area contributed by atoms with Crippen LogP contribution in [0.25, 0.3) is 0 Å². The molecule has 62 valence electrons. The first-order valence-corrected chi connectivity index (χ1v) is 3.58. The molecule has 1 aromatic carbocycles. The van der Waals surface area contributed by atoms with E-state index in [9.17, 15) is 0 Å². The standard InChI is InChI=1S/C10H12N2/c1-11-7-8-12(9-11)10-5-3-2-4-6-10/h2-8H,9H2,1H3/i2D,3D,4D,5D,7D,8D. The molecular weight excluding hydrogens is 148 g/mol.